The molecule has 1 atom stereocenters. The van der Waals surface area contributed by atoms with E-state index in [0.29, 0.717) is 17.3 Å². The van der Waals surface area contributed by atoms with E-state index in [1.54, 1.807) is 19.1 Å². The van der Waals surface area contributed by atoms with E-state index in [-0.39, 0.29) is 5.91 Å². The third-order valence-electron chi connectivity index (χ3n) is 3.84. The fraction of sp³-hybridized carbons (Fsp3) is 0.350. The summed E-state index contributed by atoms with van der Waals surface area (Å²) in [4.78, 5) is 12.1. The van der Waals surface area contributed by atoms with Gasteiger partial charge in [0.25, 0.3) is 5.91 Å². The summed E-state index contributed by atoms with van der Waals surface area (Å²) in [5.41, 5.74) is 3.49. The van der Waals surface area contributed by atoms with E-state index < -0.39 is 6.10 Å². The van der Waals surface area contributed by atoms with Crippen molar-refractivity contribution in [2.24, 2.45) is 0 Å². The molecule has 4 heteroatoms. The number of carbonyl (C=O) groups is 1. The topological polar surface area (TPSA) is 38.3 Å². The smallest absolute Gasteiger partial charge is 0.260 e. The molecule has 0 radical (unpaired) electrons. The van der Waals surface area contributed by atoms with Crippen LogP contribution in [-0.4, -0.2) is 18.6 Å². The third-order valence-corrected chi connectivity index (χ3v) is 4.26. The molecule has 1 N–H and O–H groups in total. The van der Waals surface area contributed by atoms with Gasteiger partial charge < -0.3 is 10.1 Å². The average molecular weight is 346 g/mol. The molecule has 0 aliphatic rings. The maximum atomic E-state index is 12.1. The maximum absolute atomic E-state index is 12.1. The predicted molar refractivity (Wildman–Crippen MR) is 98.8 cm³/mol. The Labute approximate surface area is 149 Å². The Morgan fingerprint density at radius 1 is 1.21 bits per heavy atom. The van der Waals surface area contributed by atoms with Gasteiger partial charge in [0, 0.05) is 11.6 Å². The van der Waals surface area contributed by atoms with Gasteiger partial charge in [0.1, 0.15) is 5.75 Å². The van der Waals surface area contributed by atoms with Crippen molar-refractivity contribution in [2.45, 2.75) is 39.7 Å². The van der Waals surface area contributed by atoms with Gasteiger partial charge in [-0.3, -0.25) is 4.79 Å². The Morgan fingerprint density at radius 2 is 2.00 bits per heavy atom. The van der Waals surface area contributed by atoms with E-state index in [9.17, 15) is 4.79 Å². The van der Waals surface area contributed by atoms with Crippen LogP contribution in [0.15, 0.2) is 42.5 Å². The molecule has 0 bridgehead atoms. The maximum Gasteiger partial charge on any atom is 0.260 e. The number of nitrogens with one attached hydrogen (secondary N) is 1. The molecule has 2 aromatic rings. The zero-order chi connectivity index (χ0) is 17.5. The molecule has 2 rings (SSSR count). The van der Waals surface area contributed by atoms with Gasteiger partial charge in [-0.05, 0) is 62.9 Å². The highest BCUT2D eigenvalue weighted by Crippen LogP contribution is 2.21. The lowest BCUT2D eigenvalue weighted by Gasteiger charge is -2.15. The minimum atomic E-state index is -0.537. The van der Waals surface area contributed by atoms with Gasteiger partial charge in [-0.1, -0.05) is 41.4 Å². The summed E-state index contributed by atoms with van der Waals surface area (Å²) in [6.07, 6.45) is 1.32. The van der Waals surface area contributed by atoms with Gasteiger partial charge >= 0.3 is 0 Å². The van der Waals surface area contributed by atoms with Gasteiger partial charge in [0.2, 0.25) is 0 Å². The Morgan fingerprint density at radius 3 is 2.71 bits per heavy atom. The molecule has 2 aromatic carbocycles. The number of aryl methyl sites for hydroxylation is 3. The monoisotopic (exact) mass is 345 g/mol. The van der Waals surface area contributed by atoms with Crippen LogP contribution >= 0.6 is 11.6 Å². The fourth-order valence-corrected chi connectivity index (χ4v) is 2.58. The molecule has 0 heterocycles. The van der Waals surface area contributed by atoms with E-state index in [1.807, 2.05) is 13.0 Å². The molecule has 128 valence electrons. The van der Waals surface area contributed by atoms with Crippen molar-refractivity contribution < 1.29 is 9.53 Å². The molecular formula is C20H24ClNO2. The Balaban J connectivity index is 1.74. The zero-order valence-corrected chi connectivity index (χ0v) is 15.2. The summed E-state index contributed by atoms with van der Waals surface area (Å²) < 4.78 is 5.67. The number of hydrogen-bond donors (Lipinski definition) is 1. The van der Waals surface area contributed by atoms with E-state index in [0.717, 1.165) is 18.4 Å². The summed E-state index contributed by atoms with van der Waals surface area (Å²) >= 11 is 5.99. The van der Waals surface area contributed by atoms with Crippen molar-refractivity contribution in [1.82, 2.24) is 5.32 Å². The lowest BCUT2D eigenvalue weighted by Crippen LogP contribution is -2.36. The predicted octanol–water partition coefficient (Wildman–Crippen LogP) is 4.47. The van der Waals surface area contributed by atoms with Gasteiger partial charge in [-0.15, -0.1) is 0 Å². The minimum absolute atomic E-state index is 0.105. The second-order valence-electron chi connectivity index (χ2n) is 6.05. The summed E-state index contributed by atoms with van der Waals surface area (Å²) in [5, 5.41) is 3.61. The van der Waals surface area contributed by atoms with Gasteiger partial charge in [-0.2, -0.15) is 0 Å². The number of rotatable bonds is 7. The number of benzene rings is 2. The molecule has 0 aromatic heterocycles. The Hall–Kier alpha value is -2.00. The van der Waals surface area contributed by atoms with Crippen molar-refractivity contribution in [3.05, 3.63) is 64.2 Å². The number of halogens is 1. The van der Waals surface area contributed by atoms with Crippen LogP contribution in [0.1, 0.15) is 30.0 Å². The van der Waals surface area contributed by atoms with Gasteiger partial charge in [0.15, 0.2) is 6.10 Å². The standard InChI is InChI=1S/C20H24ClNO2/c1-14-6-4-7-17(12-14)8-5-11-22-20(23)16(3)24-18-9-10-19(21)15(2)13-18/h4,6-7,9-10,12-13,16H,5,8,11H2,1-3H3,(H,22,23). The van der Waals surface area contributed by atoms with Crippen LogP contribution in [0.3, 0.4) is 0 Å². The number of carbonyl (C=O) groups excluding carboxylic acids is 1. The van der Waals surface area contributed by atoms with Crippen LogP contribution < -0.4 is 10.1 Å². The number of ether oxygens (including phenoxy) is 1. The van der Waals surface area contributed by atoms with Crippen LogP contribution in [0.4, 0.5) is 0 Å². The molecule has 0 fully saturated rings. The lowest BCUT2D eigenvalue weighted by atomic mass is 10.1. The van der Waals surface area contributed by atoms with Crippen LogP contribution in [0, 0.1) is 13.8 Å². The highest BCUT2D eigenvalue weighted by Gasteiger charge is 2.14. The molecule has 0 saturated heterocycles. The largest absolute Gasteiger partial charge is 0.481 e. The third kappa shape index (κ3) is 5.57. The second kappa shape index (κ2) is 8.74. The average Bonchev–Trinajstić information content (AvgIpc) is 2.55. The first-order chi connectivity index (χ1) is 11.5. The molecule has 1 amide bonds. The SMILES string of the molecule is Cc1cccc(CCCNC(=O)C(C)Oc2ccc(Cl)c(C)c2)c1. The number of amides is 1. The summed E-state index contributed by atoms with van der Waals surface area (Å²) in [6, 6.07) is 13.8. The summed E-state index contributed by atoms with van der Waals surface area (Å²) in [6.45, 7) is 6.38. The van der Waals surface area contributed by atoms with Crippen LogP contribution in [-0.2, 0) is 11.2 Å². The molecule has 24 heavy (non-hydrogen) atoms. The zero-order valence-electron chi connectivity index (χ0n) is 14.4. The van der Waals surface area contributed by atoms with Crippen LogP contribution in [0.25, 0.3) is 0 Å². The van der Waals surface area contributed by atoms with E-state index in [4.69, 9.17) is 16.3 Å². The molecule has 0 spiro atoms. The summed E-state index contributed by atoms with van der Waals surface area (Å²) in [7, 11) is 0. The minimum Gasteiger partial charge on any atom is -0.481 e. The second-order valence-corrected chi connectivity index (χ2v) is 6.46. The highest BCUT2D eigenvalue weighted by atomic mass is 35.5. The van der Waals surface area contributed by atoms with Crippen molar-refractivity contribution in [3.63, 3.8) is 0 Å². The molecule has 0 aliphatic heterocycles. The first-order valence-corrected chi connectivity index (χ1v) is 8.59. The van der Waals surface area contributed by atoms with Crippen molar-refractivity contribution >= 4 is 17.5 Å². The highest BCUT2D eigenvalue weighted by molar-refractivity contribution is 6.31. The molecule has 3 nitrogen and oxygen atoms in total. The molecular weight excluding hydrogens is 322 g/mol. The fourth-order valence-electron chi connectivity index (χ4n) is 2.46. The van der Waals surface area contributed by atoms with E-state index in [2.05, 4.69) is 36.5 Å². The van der Waals surface area contributed by atoms with Crippen LogP contribution in [0.5, 0.6) is 5.75 Å². The van der Waals surface area contributed by atoms with E-state index >= 15 is 0 Å². The molecule has 1 unspecified atom stereocenters. The van der Waals surface area contributed by atoms with Crippen molar-refractivity contribution in [3.8, 4) is 5.75 Å². The molecule has 0 saturated carbocycles. The van der Waals surface area contributed by atoms with Gasteiger partial charge in [-0.25, -0.2) is 0 Å². The quantitative estimate of drug-likeness (QED) is 0.752. The Kier molecular flexibility index (Phi) is 6.68. The lowest BCUT2D eigenvalue weighted by molar-refractivity contribution is -0.127. The first kappa shape index (κ1) is 18.3. The normalized spacial score (nSPS) is 11.8. The Bertz CT molecular complexity index is 700. The van der Waals surface area contributed by atoms with Crippen molar-refractivity contribution in [1.29, 1.82) is 0 Å². The van der Waals surface area contributed by atoms with E-state index in [1.165, 1.54) is 11.1 Å². The van der Waals surface area contributed by atoms with Crippen molar-refractivity contribution in [2.75, 3.05) is 6.54 Å². The first-order valence-electron chi connectivity index (χ1n) is 8.22. The molecule has 0 aliphatic carbocycles. The van der Waals surface area contributed by atoms with Gasteiger partial charge in [0.05, 0.1) is 0 Å². The summed E-state index contributed by atoms with van der Waals surface area (Å²) in [5.74, 6) is 0.547. The number of hydrogen-bond acceptors (Lipinski definition) is 2. The van der Waals surface area contributed by atoms with Crippen LogP contribution in [0.2, 0.25) is 5.02 Å².